The van der Waals surface area contributed by atoms with Crippen LogP contribution in [0.3, 0.4) is 0 Å². The van der Waals surface area contributed by atoms with Crippen molar-refractivity contribution in [1.29, 1.82) is 0 Å². The molecule has 9 nitrogen and oxygen atoms in total. The summed E-state index contributed by atoms with van der Waals surface area (Å²) in [6, 6.07) is 0. The Morgan fingerprint density at radius 1 is 0.971 bits per heavy atom. The first-order valence-corrected chi connectivity index (χ1v) is 12.7. The fraction of sp³-hybridized carbons (Fsp3) is 0.769. The van der Waals surface area contributed by atoms with Crippen molar-refractivity contribution < 1.29 is 28.7 Å². The lowest BCUT2D eigenvalue weighted by Crippen LogP contribution is -2.47. The molecular weight excluding hydrogens is 450 g/mol. The van der Waals surface area contributed by atoms with Crippen LogP contribution in [-0.2, 0) is 23.9 Å². The van der Waals surface area contributed by atoms with E-state index in [-0.39, 0.29) is 42.3 Å². The molecule has 2 saturated heterocycles. The zero-order valence-electron chi connectivity index (χ0n) is 22.2. The van der Waals surface area contributed by atoms with Crippen molar-refractivity contribution >= 4 is 23.9 Å². The molecule has 0 radical (unpaired) electrons. The third-order valence-corrected chi connectivity index (χ3v) is 6.34. The number of piperidine rings is 2. The van der Waals surface area contributed by atoms with E-state index in [2.05, 4.69) is 5.32 Å². The van der Waals surface area contributed by atoms with Crippen LogP contribution in [0.5, 0.6) is 0 Å². The van der Waals surface area contributed by atoms with Crippen LogP contribution in [0, 0.1) is 17.3 Å². The highest BCUT2D eigenvalue weighted by molar-refractivity contribution is 5.88. The summed E-state index contributed by atoms with van der Waals surface area (Å²) in [6.45, 7) is 13.5. The average Bonchev–Trinajstić information content (AvgIpc) is 2.80. The van der Waals surface area contributed by atoms with E-state index in [4.69, 9.17) is 9.47 Å². The first kappa shape index (κ1) is 28.7. The third-order valence-electron chi connectivity index (χ3n) is 6.34. The number of likely N-dealkylation sites (tertiary alicyclic amines) is 2. The molecule has 0 unspecified atom stereocenters. The standard InChI is InChI=1S/C26H43N3O6/c1-7-34-23(32)26(5,6)18-27-22(31)20-9-8-14-29(17-20)21(30)11-10-19-12-15-28(16-13-19)24(33)35-25(2,3)4/h10-11,19-20H,7-9,12-18H2,1-6H3,(H,27,31)/b11-10+/t20-/m1/s1. The highest BCUT2D eigenvalue weighted by Crippen LogP contribution is 2.22. The van der Waals surface area contributed by atoms with Gasteiger partial charge in [-0.15, -0.1) is 0 Å². The fourth-order valence-electron chi connectivity index (χ4n) is 4.17. The van der Waals surface area contributed by atoms with Crippen molar-refractivity contribution in [3.05, 3.63) is 12.2 Å². The lowest BCUT2D eigenvalue weighted by atomic mass is 9.92. The van der Waals surface area contributed by atoms with E-state index >= 15 is 0 Å². The first-order valence-electron chi connectivity index (χ1n) is 12.7. The van der Waals surface area contributed by atoms with Crippen LogP contribution in [-0.4, -0.2) is 78.6 Å². The van der Waals surface area contributed by atoms with Crippen LogP contribution in [0.4, 0.5) is 4.79 Å². The summed E-state index contributed by atoms with van der Waals surface area (Å²) in [5, 5.41) is 2.86. The Morgan fingerprint density at radius 3 is 2.23 bits per heavy atom. The van der Waals surface area contributed by atoms with Gasteiger partial charge in [-0.2, -0.15) is 0 Å². The molecule has 198 valence electrons. The Balaban J connectivity index is 1.80. The van der Waals surface area contributed by atoms with Gasteiger partial charge < -0.3 is 24.6 Å². The molecular formula is C26H43N3O6. The third kappa shape index (κ3) is 9.18. The zero-order chi connectivity index (χ0) is 26.2. The highest BCUT2D eigenvalue weighted by Gasteiger charge is 2.33. The van der Waals surface area contributed by atoms with Crippen LogP contribution in [0.1, 0.15) is 67.2 Å². The predicted molar refractivity (Wildman–Crippen MR) is 132 cm³/mol. The van der Waals surface area contributed by atoms with Crippen molar-refractivity contribution in [1.82, 2.24) is 15.1 Å². The van der Waals surface area contributed by atoms with Gasteiger partial charge in [0.05, 0.1) is 17.9 Å². The van der Waals surface area contributed by atoms with E-state index in [1.807, 2.05) is 26.8 Å². The molecule has 0 aromatic rings. The summed E-state index contributed by atoms with van der Waals surface area (Å²) in [5.41, 5.74) is -1.32. The number of carbonyl (C=O) groups is 4. The topological polar surface area (TPSA) is 105 Å². The largest absolute Gasteiger partial charge is 0.466 e. The minimum Gasteiger partial charge on any atom is -0.466 e. The second-order valence-electron chi connectivity index (χ2n) is 11.1. The summed E-state index contributed by atoms with van der Waals surface area (Å²) in [4.78, 5) is 53.2. The summed E-state index contributed by atoms with van der Waals surface area (Å²) in [7, 11) is 0. The predicted octanol–water partition coefficient (Wildman–Crippen LogP) is 3.13. The Bertz CT molecular complexity index is 793. The van der Waals surface area contributed by atoms with Gasteiger partial charge in [0.15, 0.2) is 0 Å². The molecule has 35 heavy (non-hydrogen) atoms. The molecule has 3 amide bonds. The van der Waals surface area contributed by atoms with Gasteiger partial charge in [-0.3, -0.25) is 14.4 Å². The molecule has 0 aliphatic carbocycles. The van der Waals surface area contributed by atoms with Crippen molar-refractivity contribution in [2.24, 2.45) is 17.3 Å². The molecule has 1 atom stereocenters. The number of ether oxygens (including phenoxy) is 2. The van der Waals surface area contributed by atoms with Crippen LogP contribution in [0.25, 0.3) is 0 Å². The maximum atomic E-state index is 12.8. The average molecular weight is 494 g/mol. The van der Waals surface area contributed by atoms with Crippen molar-refractivity contribution in [3.63, 3.8) is 0 Å². The number of esters is 1. The smallest absolute Gasteiger partial charge is 0.410 e. The molecule has 2 rings (SSSR count). The normalized spacial score (nSPS) is 20.0. The lowest BCUT2D eigenvalue weighted by Gasteiger charge is -2.33. The van der Waals surface area contributed by atoms with Crippen LogP contribution in [0.15, 0.2) is 12.2 Å². The second kappa shape index (κ2) is 12.4. The molecule has 9 heteroatoms. The lowest BCUT2D eigenvalue weighted by molar-refractivity contribution is -0.153. The van der Waals surface area contributed by atoms with Crippen molar-refractivity contribution in [2.45, 2.75) is 72.8 Å². The van der Waals surface area contributed by atoms with Crippen molar-refractivity contribution in [2.75, 3.05) is 39.3 Å². The van der Waals surface area contributed by atoms with Gasteiger partial charge in [0.25, 0.3) is 0 Å². The molecule has 0 aromatic carbocycles. The van der Waals surface area contributed by atoms with Crippen LogP contribution in [0.2, 0.25) is 0 Å². The number of nitrogens with zero attached hydrogens (tertiary/aromatic N) is 2. The maximum Gasteiger partial charge on any atom is 0.410 e. The highest BCUT2D eigenvalue weighted by atomic mass is 16.6. The Labute approximate surface area is 209 Å². The number of hydrogen-bond donors (Lipinski definition) is 1. The SMILES string of the molecule is CCOC(=O)C(C)(C)CNC(=O)[C@@H]1CCCN(C(=O)/C=C/C2CCN(C(=O)OC(C)(C)C)CC2)C1. The zero-order valence-corrected chi connectivity index (χ0v) is 22.2. The monoisotopic (exact) mass is 493 g/mol. The van der Waals surface area contributed by atoms with E-state index in [1.54, 1.807) is 36.6 Å². The number of carbonyl (C=O) groups excluding carboxylic acids is 4. The Kier molecular flexibility index (Phi) is 10.2. The summed E-state index contributed by atoms with van der Waals surface area (Å²) >= 11 is 0. The molecule has 0 saturated carbocycles. The molecule has 1 N–H and O–H groups in total. The number of amides is 3. The molecule has 0 bridgehead atoms. The van der Waals surface area contributed by atoms with Crippen LogP contribution >= 0.6 is 0 Å². The Hall–Kier alpha value is -2.58. The number of hydrogen-bond acceptors (Lipinski definition) is 6. The molecule has 2 aliphatic heterocycles. The molecule has 0 aromatic heterocycles. The van der Waals surface area contributed by atoms with Crippen molar-refractivity contribution in [3.8, 4) is 0 Å². The van der Waals surface area contributed by atoms with Gasteiger partial charge >= 0.3 is 12.1 Å². The van der Waals surface area contributed by atoms with Gasteiger partial charge in [-0.05, 0) is 79.2 Å². The maximum absolute atomic E-state index is 12.8. The number of rotatable bonds is 7. The molecule has 2 fully saturated rings. The fourth-order valence-corrected chi connectivity index (χ4v) is 4.17. The van der Waals surface area contributed by atoms with Gasteiger partial charge in [0.1, 0.15) is 5.60 Å². The van der Waals surface area contributed by atoms with Gasteiger partial charge in [-0.1, -0.05) is 6.08 Å². The van der Waals surface area contributed by atoms with E-state index in [9.17, 15) is 19.2 Å². The van der Waals surface area contributed by atoms with E-state index in [0.29, 0.717) is 39.2 Å². The molecule has 2 aliphatic rings. The molecule has 2 heterocycles. The van der Waals surface area contributed by atoms with E-state index in [0.717, 1.165) is 19.3 Å². The van der Waals surface area contributed by atoms with Gasteiger partial charge in [0.2, 0.25) is 11.8 Å². The van der Waals surface area contributed by atoms with Gasteiger partial charge in [0, 0.05) is 32.7 Å². The van der Waals surface area contributed by atoms with Crippen LogP contribution < -0.4 is 5.32 Å². The van der Waals surface area contributed by atoms with Gasteiger partial charge in [-0.25, -0.2) is 4.79 Å². The molecule has 0 spiro atoms. The van der Waals surface area contributed by atoms with E-state index < -0.39 is 11.0 Å². The minimum absolute atomic E-state index is 0.0936. The second-order valence-corrected chi connectivity index (χ2v) is 11.1. The number of allylic oxidation sites excluding steroid dienone is 1. The van der Waals surface area contributed by atoms with E-state index in [1.165, 1.54) is 0 Å². The quantitative estimate of drug-likeness (QED) is 0.432. The summed E-state index contributed by atoms with van der Waals surface area (Å²) in [5.74, 6) is -0.645. The Morgan fingerprint density at radius 2 is 1.63 bits per heavy atom. The number of nitrogens with one attached hydrogen (secondary N) is 1. The summed E-state index contributed by atoms with van der Waals surface area (Å²) in [6.07, 6.45) is 6.28. The minimum atomic E-state index is -0.808. The summed E-state index contributed by atoms with van der Waals surface area (Å²) < 4.78 is 10.5. The first-order chi connectivity index (χ1) is 16.3.